The number of nitrogens with one attached hydrogen (secondary N) is 3. The molecule has 2 aromatic carbocycles. The number of anilines is 2. The van der Waals surface area contributed by atoms with Crippen molar-refractivity contribution in [3.8, 4) is 0 Å². The van der Waals surface area contributed by atoms with Crippen LogP contribution in [0.1, 0.15) is 28.9 Å². The molecule has 0 aliphatic heterocycles. The Bertz CT molecular complexity index is 1050. The van der Waals surface area contributed by atoms with Crippen LogP contribution in [0.2, 0.25) is 0 Å². The van der Waals surface area contributed by atoms with E-state index in [1.54, 1.807) is 66.5 Å². The molecule has 0 spiro atoms. The second-order valence-corrected chi connectivity index (χ2v) is 6.78. The summed E-state index contributed by atoms with van der Waals surface area (Å²) in [6.07, 6.45) is 3.32. The van der Waals surface area contributed by atoms with Gasteiger partial charge in [0.05, 0.1) is 6.54 Å². The molecule has 0 aliphatic rings. The molecule has 1 unspecified atom stereocenters. The molecule has 30 heavy (non-hydrogen) atoms. The third kappa shape index (κ3) is 5.32. The largest absolute Gasteiger partial charge is 0.343 e. The summed E-state index contributed by atoms with van der Waals surface area (Å²) in [5, 5.41) is 12.2. The minimum Gasteiger partial charge on any atom is -0.343 e. The van der Waals surface area contributed by atoms with Gasteiger partial charge in [-0.05, 0) is 49.7 Å². The highest BCUT2D eigenvalue weighted by molar-refractivity contribution is 6.00. The van der Waals surface area contributed by atoms with Crippen LogP contribution in [0.4, 0.5) is 11.4 Å². The quantitative estimate of drug-likeness (QED) is 0.562. The standard InChI is InChI=1S/C22H23N5O3/c1-15-7-3-4-10-19(15)22(30)23-14-20(28)25-17-8-5-9-18(13-17)26-21(29)16(2)27-12-6-11-24-27/h3-13,16H,14H2,1-2H3,(H,23,30)(H,25,28)(H,26,29). The lowest BCUT2D eigenvalue weighted by Crippen LogP contribution is -2.33. The Morgan fingerprint density at radius 1 is 1.00 bits per heavy atom. The van der Waals surface area contributed by atoms with Gasteiger partial charge in [-0.1, -0.05) is 24.3 Å². The number of aromatic nitrogens is 2. The molecule has 154 valence electrons. The minimum absolute atomic E-state index is 0.167. The van der Waals surface area contributed by atoms with E-state index >= 15 is 0 Å². The molecule has 3 aromatic rings. The highest BCUT2D eigenvalue weighted by Crippen LogP contribution is 2.17. The van der Waals surface area contributed by atoms with Crippen molar-refractivity contribution in [3.05, 3.63) is 78.1 Å². The summed E-state index contributed by atoms with van der Waals surface area (Å²) in [6.45, 7) is 3.41. The molecule has 0 bridgehead atoms. The molecule has 0 saturated heterocycles. The number of hydrogen-bond donors (Lipinski definition) is 3. The Morgan fingerprint density at radius 3 is 2.43 bits per heavy atom. The van der Waals surface area contributed by atoms with Crippen molar-refractivity contribution in [3.63, 3.8) is 0 Å². The Balaban J connectivity index is 1.54. The average molecular weight is 405 g/mol. The lowest BCUT2D eigenvalue weighted by atomic mass is 10.1. The molecule has 1 aromatic heterocycles. The molecule has 1 atom stereocenters. The number of amides is 3. The van der Waals surface area contributed by atoms with Crippen LogP contribution in [0.5, 0.6) is 0 Å². The highest BCUT2D eigenvalue weighted by atomic mass is 16.2. The second-order valence-electron chi connectivity index (χ2n) is 6.78. The summed E-state index contributed by atoms with van der Waals surface area (Å²) < 4.78 is 1.55. The molecule has 3 rings (SSSR count). The molecule has 0 aliphatic carbocycles. The number of aryl methyl sites for hydroxylation is 1. The molecular formula is C22H23N5O3. The van der Waals surface area contributed by atoms with Crippen molar-refractivity contribution >= 4 is 29.1 Å². The molecule has 1 heterocycles. The van der Waals surface area contributed by atoms with Crippen LogP contribution in [-0.2, 0) is 9.59 Å². The van der Waals surface area contributed by atoms with Crippen molar-refractivity contribution < 1.29 is 14.4 Å². The number of hydrogen-bond acceptors (Lipinski definition) is 4. The van der Waals surface area contributed by atoms with Crippen LogP contribution < -0.4 is 16.0 Å². The van der Waals surface area contributed by atoms with E-state index in [0.717, 1.165) is 5.56 Å². The maximum Gasteiger partial charge on any atom is 0.251 e. The van der Waals surface area contributed by atoms with Gasteiger partial charge in [0.15, 0.2) is 0 Å². The summed E-state index contributed by atoms with van der Waals surface area (Å²) in [4.78, 5) is 36.8. The van der Waals surface area contributed by atoms with E-state index in [-0.39, 0.29) is 24.3 Å². The first-order chi connectivity index (χ1) is 14.4. The smallest absolute Gasteiger partial charge is 0.251 e. The van der Waals surface area contributed by atoms with Gasteiger partial charge in [0.2, 0.25) is 11.8 Å². The first-order valence-electron chi connectivity index (χ1n) is 9.48. The topological polar surface area (TPSA) is 105 Å². The fraction of sp³-hybridized carbons (Fsp3) is 0.182. The molecule has 3 amide bonds. The Labute approximate surface area is 174 Å². The Morgan fingerprint density at radius 2 is 1.73 bits per heavy atom. The van der Waals surface area contributed by atoms with Gasteiger partial charge >= 0.3 is 0 Å². The number of nitrogens with zero attached hydrogens (tertiary/aromatic N) is 2. The average Bonchev–Trinajstić information content (AvgIpc) is 3.27. The van der Waals surface area contributed by atoms with Crippen LogP contribution in [0, 0.1) is 6.92 Å². The number of carbonyl (C=O) groups is 3. The zero-order valence-corrected chi connectivity index (χ0v) is 16.8. The molecule has 3 N–H and O–H groups in total. The summed E-state index contributed by atoms with van der Waals surface area (Å²) in [5.74, 6) is -0.908. The van der Waals surface area contributed by atoms with Crippen molar-refractivity contribution in [2.45, 2.75) is 19.9 Å². The number of benzene rings is 2. The van der Waals surface area contributed by atoms with Gasteiger partial charge in [0.25, 0.3) is 5.91 Å². The molecular weight excluding hydrogens is 382 g/mol. The van der Waals surface area contributed by atoms with Crippen LogP contribution in [0.15, 0.2) is 67.0 Å². The summed E-state index contributed by atoms with van der Waals surface area (Å²) >= 11 is 0. The lowest BCUT2D eigenvalue weighted by Gasteiger charge is -2.14. The predicted octanol–water partition coefficient (Wildman–Crippen LogP) is 2.76. The van der Waals surface area contributed by atoms with E-state index in [1.165, 1.54) is 0 Å². The van der Waals surface area contributed by atoms with Crippen LogP contribution in [0.25, 0.3) is 0 Å². The van der Waals surface area contributed by atoms with Crippen molar-refractivity contribution in [1.82, 2.24) is 15.1 Å². The third-order valence-electron chi connectivity index (χ3n) is 4.51. The van der Waals surface area contributed by atoms with E-state index < -0.39 is 6.04 Å². The fourth-order valence-corrected chi connectivity index (χ4v) is 2.84. The maximum absolute atomic E-state index is 12.4. The molecule has 0 fully saturated rings. The predicted molar refractivity (Wildman–Crippen MR) is 114 cm³/mol. The van der Waals surface area contributed by atoms with Gasteiger partial charge in [-0.15, -0.1) is 0 Å². The maximum atomic E-state index is 12.4. The van der Waals surface area contributed by atoms with Crippen LogP contribution in [0.3, 0.4) is 0 Å². The van der Waals surface area contributed by atoms with E-state index in [2.05, 4.69) is 21.0 Å². The summed E-state index contributed by atoms with van der Waals surface area (Å²) in [5.41, 5.74) is 2.42. The summed E-state index contributed by atoms with van der Waals surface area (Å²) in [7, 11) is 0. The third-order valence-corrected chi connectivity index (χ3v) is 4.51. The molecule has 8 heteroatoms. The minimum atomic E-state index is -0.477. The number of rotatable bonds is 7. The second kappa shape index (κ2) is 9.51. The van der Waals surface area contributed by atoms with Crippen molar-refractivity contribution in [2.24, 2.45) is 0 Å². The monoisotopic (exact) mass is 405 g/mol. The normalized spacial score (nSPS) is 11.4. The first-order valence-corrected chi connectivity index (χ1v) is 9.48. The fourth-order valence-electron chi connectivity index (χ4n) is 2.84. The SMILES string of the molecule is Cc1ccccc1C(=O)NCC(=O)Nc1cccc(NC(=O)C(C)n2cccn2)c1. The van der Waals surface area contributed by atoms with Crippen LogP contribution in [-0.4, -0.2) is 34.0 Å². The van der Waals surface area contributed by atoms with E-state index in [0.29, 0.717) is 16.9 Å². The van der Waals surface area contributed by atoms with Crippen molar-refractivity contribution in [1.29, 1.82) is 0 Å². The molecule has 0 radical (unpaired) electrons. The zero-order valence-electron chi connectivity index (χ0n) is 16.8. The van der Waals surface area contributed by atoms with E-state index in [9.17, 15) is 14.4 Å². The van der Waals surface area contributed by atoms with Crippen molar-refractivity contribution in [2.75, 3.05) is 17.2 Å². The molecule has 0 saturated carbocycles. The van der Waals surface area contributed by atoms with Gasteiger partial charge in [-0.2, -0.15) is 5.10 Å². The highest BCUT2D eigenvalue weighted by Gasteiger charge is 2.15. The Kier molecular flexibility index (Phi) is 6.59. The van der Waals surface area contributed by atoms with E-state index in [1.807, 2.05) is 19.1 Å². The summed E-state index contributed by atoms with van der Waals surface area (Å²) in [6, 6.07) is 15.2. The van der Waals surface area contributed by atoms with Gasteiger partial charge in [0.1, 0.15) is 6.04 Å². The Hall–Kier alpha value is -3.94. The zero-order chi connectivity index (χ0) is 21.5. The van der Waals surface area contributed by atoms with E-state index in [4.69, 9.17) is 0 Å². The first kappa shape index (κ1) is 20.8. The van der Waals surface area contributed by atoms with Gasteiger partial charge in [-0.25, -0.2) is 0 Å². The number of carbonyl (C=O) groups excluding carboxylic acids is 3. The van der Waals surface area contributed by atoms with Gasteiger partial charge in [-0.3, -0.25) is 19.1 Å². The van der Waals surface area contributed by atoms with Gasteiger partial charge < -0.3 is 16.0 Å². The lowest BCUT2D eigenvalue weighted by molar-refractivity contribution is -0.119. The molecule has 8 nitrogen and oxygen atoms in total. The van der Waals surface area contributed by atoms with Gasteiger partial charge in [0, 0.05) is 29.3 Å². The van der Waals surface area contributed by atoms with Crippen LogP contribution >= 0.6 is 0 Å².